The fourth-order valence-corrected chi connectivity index (χ4v) is 1.16. The van der Waals surface area contributed by atoms with Crippen LogP contribution in [0.4, 0.5) is 0 Å². The fourth-order valence-electron chi connectivity index (χ4n) is 1.16. The van der Waals surface area contributed by atoms with Gasteiger partial charge in [-0.3, -0.25) is 0 Å². The molecule has 0 heterocycles. The number of hydrogen-bond acceptors (Lipinski definition) is 4. The molecule has 0 bridgehead atoms. The minimum absolute atomic E-state index is 0.102. The Bertz CT molecular complexity index is 108. The van der Waals surface area contributed by atoms with Gasteiger partial charge in [-0.2, -0.15) is 0 Å². The van der Waals surface area contributed by atoms with E-state index >= 15 is 0 Å². The summed E-state index contributed by atoms with van der Waals surface area (Å²) in [7, 11) is 0. The Morgan fingerprint density at radius 1 is 0.692 bits per heavy atom. The quantitative estimate of drug-likeness (QED) is 0.396. The second-order valence-corrected chi connectivity index (χ2v) is 3.22. The van der Waals surface area contributed by atoms with Crippen molar-refractivity contribution in [2.45, 2.75) is 44.3 Å². The lowest BCUT2D eigenvalue weighted by Crippen LogP contribution is -2.26. The van der Waals surface area contributed by atoms with E-state index in [1.807, 2.05) is 0 Å². The molecule has 0 saturated heterocycles. The summed E-state index contributed by atoms with van der Waals surface area (Å²) < 4.78 is 0. The number of aliphatic hydroxyl groups is 4. The van der Waals surface area contributed by atoms with E-state index in [0.29, 0.717) is 6.42 Å². The van der Waals surface area contributed by atoms with Crippen LogP contribution in [0.1, 0.15) is 32.1 Å². The normalized spacial score (nSPS) is 15.7. The first-order valence-electron chi connectivity index (χ1n) is 4.80. The zero-order chi connectivity index (χ0) is 10.1. The third-order valence-corrected chi connectivity index (χ3v) is 2.03. The first kappa shape index (κ1) is 12.8. The topological polar surface area (TPSA) is 80.9 Å². The van der Waals surface area contributed by atoms with Crippen LogP contribution in [-0.4, -0.2) is 45.8 Å². The summed E-state index contributed by atoms with van der Waals surface area (Å²) in [5, 5.41) is 35.5. The first-order valence-corrected chi connectivity index (χ1v) is 4.80. The van der Waals surface area contributed by atoms with Crippen molar-refractivity contribution in [2.75, 3.05) is 13.2 Å². The third-order valence-electron chi connectivity index (χ3n) is 2.03. The maximum Gasteiger partial charge on any atom is 0.0820 e. The van der Waals surface area contributed by atoms with E-state index in [-0.39, 0.29) is 19.6 Å². The lowest BCUT2D eigenvalue weighted by atomic mass is 10.0. The average Bonchev–Trinajstić information content (AvgIpc) is 2.12. The Labute approximate surface area is 78.8 Å². The van der Waals surface area contributed by atoms with Crippen molar-refractivity contribution in [3.63, 3.8) is 0 Å². The first-order chi connectivity index (χ1) is 6.22. The Morgan fingerprint density at radius 3 is 1.85 bits per heavy atom. The van der Waals surface area contributed by atoms with Gasteiger partial charge in [0.05, 0.1) is 12.2 Å². The smallest absolute Gasteiger partial charge is 0.0820 e. The Balaban J connectivity index is 3.32. The van der Waals surface area contributed by atoms with Gasteiger partial charge in [0.15, 0.2) is 0 Å². The van der Waals surface area contributed by atoms with Gasteiger partial charge in [0.1, 0.15) is 0 Å². The van der Waals surface area contributed by atoms with Crippen LogP contribution in [-0.2, 0) is 0 Å². The molecule has 0 rings (SSSR count). The molecule has 4 N–H and O–H groups in total. The summed E-state index contributed by atoms with van der Waals surface area (Å²) in [6.45, 7) is 0.0736. The zero-order valence-electron chi connectivity index (χ0n) is 7.89. The van der Waals surface area contributed by atoms with Crippen molar-refractivity contribution >= 4 is 0 Å². The molecule has 80 valence electrons. The van der Waals surface area contributed by atoms with Crippen LogP contribution in [0.15, 0.2) is 0 Å². The molecule has 0 saturated carbocycles. The van der Waals surface area contributed by atoms with Crippen molar-refractivity contribution in [2.24, 2.45) is 0 Å². The summed E-state index contributed by atoms with van der Waals surface area (Å²) in [5.41, 5.74) is 0. The van der Waals surface area contributed by atoms with Crippen LogP contribution in [0.5, 0.6) is 0 Å². The summed E-state index contributed by atoms with van der Waals surface area (Å²) in [6.07, 6.45) is 1.58. The maximum absolute atomic E-state index is 9.32. The van der Waals surface area contributed by atoms with Crippen LogP contribution in [0, 0.1) is 0 Å². The number of hydrogen-bond donors (Lipinski definition) is 4. The largest absolute Gasteiger partial charge is 0.396 e. The minimum Gasteiger partial charge on any atom is -0.396 e. The minimum atomic E-state index is -0.820. The fraction of sp³-hybridized carbons (Fsp3) is 1.00. The highest BCUT2D eigenvalue weighted by Gasteiger charge is 2.14. The second-order valence-electron chi connectivity index (χ2n) is 3.22. The molecule has 0 radical (unpaired) electrons. The lowest BCUT2D eigenvalue weighted by molar-refractivity contribution is -0.000208. The Hall–Kier alpha value is -0.160. The molecule has 13 heavy (non-hydrogen) atoms. The summed E-state index contributed by atoms with van der Waals surface area (Å²) >= 11 is 0. The Kier molecular flexibility index (Phi) is 8.33. The molecule has 2 atom stereocenters. The summed E-state index contributed by atoms with van der Waals surface area (Å²) in [4.78, 5) is 0. The Morgan fingerprint density at radius 2 is 1.31 bits per heavy atom. The van der Waals surface area contributed by atoms with Crippen LogP contribution < -0.4 is 0 Å². The van der Waals surface area contributed by atoms with Crippen LogP contribution in [0.3, 0.4) is 0 Å². The van der Waals surface area contributed by atoms with E-state index in [1.165, 1.54) is 0 Å². The SMILES string of the molecule is OCCCCCC(O)C(O)CCO. The number of aliphatic hydroxyl groups excluding tert-OH is 4. The molecule has 0 aromatic rings. The summed E-state index contributed by atoms with van der Waals surface area (Å²) in [5.74, 6) is 0. The molecule has 4 nitrogen and oxygen atoms in total. The molecular weight excluding hydrogens is 172 g/mol. The van der Waals surface area contributed by atoms with Crippen molar-refractivity contribution < 1.29 is 20.4 Å². The van der Waals surface area contributed by atoms with Gasteiger partial charge >= 0.3 is 0 Å². The van der Waals surface area contributed by atoms with Crippen LogP contribution in [0.2, 0.25) is 0 Å². The van der Waals surface area contributed by atoms with Gasteiger partial charge in [-0.25, -0.2) is 0 Å². The molecule has 0 aliphatic carbocycles. The molecule has 0 aliphatic rings. The zero-order valence-corrected chi connectivity index (χ0v) is 7.89. The number of rotatable bonds is 8. The highest BCUT2D eigenvalue weighted by molar-refractivity contribution is 4.66. The van der Waals surface area contributed by atoms with Gasteiger partial charge in [-0.1, -0.05) is 12.8 Å². The molecule has 0 fully saturated rings. The van der Waals surface area contributed by atoms with Crippen molar-refractivity contribution in [1.29, 1.82) is 0 Å². The standard InChI is InChI=1S/C9H20O4/c10-6-3-1-2-4-8(12)9(13)5-7-11/h8-13H,1-7H2. The van der Waals surface area contributed by atoms with Gasteiger partial charge < -0.3 is 20.4 Å². The third kappa shape index (κ3) is 6.95. The molecular formula is C9H20O4. The van der Waals surface area contributed by atoms with Crippen molar-refractivity contribution in [3.8, 4) is 0 Å². The molecule has 0 amide bonds. The molecule has 2 unspecified atom stereocenters. The molecule has 0 aliphatic heterocycles. The van der Waals surface area contributed by atoms with Crippen LogP contribution in [0.25, 0.3) is 0 Å². The van der Waals surface area contributed by atoms with E-state index in [2.05, 4.69) is 0 Å². The molecule has 0 aromatic heterocycles. The van der Waals surface area contributed by atoms with Crippen LogP contribution >= 0.6 is 0 Å². The van der Waals surface area contributed by atoms with Crippen molar-refractivity contribution in [1.82, 2.24) is 0 Å². The monoisotopic (exact) mass is 192 g/mol. The predicted molar refractivity (Wildman–Crippen MR) is 49.3 cm³/mol. The average molecular weight is 192 g/mol. The highest BCUT2D eigenvalue weighted by atomic mass is 16.3. The van der Waals surface area contributed by atoms with E-state index in [4.69, 9.17) is 10.2 Å². The van der Waals surface area contributed by atoms with E-state index in [9.17, 15) is 10.2 Å². The van der Waals surface area contributed by atoms with E-state index in [1.54, 1.807) is 0 Å². The summed E-state index contributed by atoms with van der Waals surface area (Å²) in [6, 6.07) is 0. The van der Waals surface area contributed by atoms with Gasteiger partial charge in [-0.05, 0) is 19.3 Å². The van der Waals surface area contributed by atoms with Gasteiger partial charge in [0, 0.05) is 13.2 Å². The van der Waals surface area contributed by atoms with E-state index < -0.39 is 12.2 Å². The van der Waals surface area contributed by atoms with E-state index in [0.717, 1.165) is 19.3 Å². The second kappa shape index (κ2) is 8.44. The molecule has 4 heteroatoms. The van der Waals surface area contributed by atoms with Gasteiger partial charge in [0.25, 0.3) is 0 Å². The lowest BCUT2D eigenvalue weighted by Gasteiger charge is -2.16. The highest BCUT2D eigenvalue weighted by Crippen LogP contribution is 2.08. The van der Waals surface area contributed by atoms with Gasteiger partial charge in [0.2, 0.25) is 0 Å². The van der Waals surface area contributed by atoms with Crippen molar-refractivity contribution in [3.05, 3.63) is 0 Å². The predicted octanol–water partition coefficient (Wildman–Crippen LogP) is -0.357. The molecule has 0 spiro atoms. The maximum atomic E-state index is 9.32. The number of unbranched alkanes of at least 4 members (excludes halogenated alkanes) is 2. The van der Waals surface area contributed by atoms with Gasteiger partial charge in [-0.15, -0.1) is 0 Å². The molecule has 0 aromatic carbocycles.